The predicted octanol–water partition coefficient (Wildman–Crippen LogP) is 5.44. The Hall–Kier alpha value is -3.53. The molecular weight excluding hydrogens is 544 g/mol. The lowest BCUT2D eigenvalue weighted by Crippen LogP contribution is -2.42. The average Bonchev–Trinajstić information content (AvgIpc) is 3.57. The Kier molecular flexibility index (Phi) is 6.97. The van der Waals surface area contributed by atoms with E-state index in [1.807, 2.05) is 54.6 Å². The Morgan fingerprint density at radius 1 is 1.00 bits per heavy atom. The summed E-state index contributed by atoms with van der Waals surface area (Å²) in [5.74, 6) is 0.833. The molecule has 0 aliphatic carbocycles. The second-order valence-electron chi connectivity index (χ2n) is 9.48. The van der Waals surface area contributed by atoms with E-state index >= 15 is 0 Å². The molecule has 0 unspecified atom stereocenters. The van der Waals surface area contributed by atoms with Crippen LogP contribution in [0.2, 0.25) is 0 Å². The summed E-state index contributed by atoms with van der Waals surface area (Å²) in [5.41, 5.74) is 4.01. The Labute approximate surface area is 229 Å². The van der Waals surface area contributed by atoms with Crippen molar-refractivity contribution in [3.63, 3.8) is 0 Å². The number of nitrogens with zero attached hydrogens (tertiary/aromatic N) is 6. The third-order valence-electron chi connectivity index (χ3n) is 6.94. The molecule has 0 radical (unpaired) electrons. The van der Waals surface area contributed by atoms with Gasteiger partial charge in [-0.3, -0.25) is 15.0 Å². The van der Waals surface area contributed by atoms with Crippen molar-refractivity contribution < 1.29 is 9.15 Å². The zero-order valence-electron chi connectivity index (χ0n) is 21.0. The molecule has 1 fully saturated rings. The highest BCUT2D eigenvalue weighted by molar-refractivity contribution is 9.10. The molecule has 1 spiro atoms. The lowest BCUT2D eigenvalue weighted by Gasteiger charge is -2.35. The maximum absolute atomic E-state index is 5.96. The van der Waals surface area contributed by atoms with Crippen molar-refractivity contribution in [1.29, 1.82) is 0 Å². The van der Waals surface area contributed by atoms with Crippen molar-refractivity contribution in [3.05, 3.63) is 82.8 Å². The van der Waals surface area contributed by atoms with Gasteiger partial charge in [-0.2, -0.15) is 0 Å². The van der Waals surface area contributed by atoms with Gasteiger partial charge in [0.25, 0.3) is 0 Å². The molecule has 2 aliphatic rings. The second-order valence-corrected chi connectivity index (χ2v) is 10.4. The molecule has 0 saturated carbocycles. The number of pyridine rings is 1. The molecule has 9 heteroatoms. The van der Waals surface area contributed by atoms with Gasteiger partial charge >= 0.3 is 0 Å². The molecule has 2 aromatic heterocycles. The number of para-hydroxylation sites is 1. The zero-order chi connectivity index (χ0) is 26.0. The Balaban J connectivity index is 1.26. The highest BCUT2D eigenvalue weighted by atomic mass is 79.9. The summed E-state index contributed by atoms with van der Waals surface area (Å²) in [6.45, 7) is 3.54. The minimum absolute atomic E-state index is 0.404. The number of halogens is 1. The van der Waals surface area contributed by atoms with Gasteiger partial charge < -0.3 is 14.1 Å². The highest BCUT2D eigenvalue weighted by Gasteiger charge is 2.38. The number of fused-ring (bicyclic) bond motifs is 1. The third kappa shape index (κ3) is 5.22. The van der Waals surface area contributed by atoms with Gasteiger partial charge in [-0.25, -0.2) is 0 Å². The van der Waals surface area contributed by atoms with E-state index in [-0.39, 0.29) is 0 Å². The van der Waals surface area contributed by atoms with Crippen molar-refractivity contribution >= 4 is 44.3 Å². The third-order valence-corrected chi connectivity index (χ3v) is 7.47. The maximum Gasteiger partial charge on any atom is 0.249 e. The molecule has 1 saturated heterocycles. The SMILES string of the molecule is COCCN1CCC2(CC1)N=C(/C=C/c1nnc(-c3cnc4ccccc4c3)o1)C(c1ccc(Br)cc1)=N2. The summed E-state index contributed by atoms with van der Waals surface area (Å²) in [6, 6.07) is 18.1. The predicted molar refractivity (Wildman–Crippen MR) is 152 cm³/mol. The van der Waals surface area contributed by atoms with Crippen LogP contribution in [0.3, 0.4) is 0 Å². The smallest absolute Gasteiger partial charge is 0.249 e. The number of allylic oxidation sites excluding steroid dienone is 1. The first-order chi connectivity index (χ1) is 18.6. The van der Waals surface area contributed by atoms with Crippen LogP contribution < -0.4 is 0 Å². The Morgan fingerprint density at radius 3 is 2.63 bits per heavy atom. The molecule has 0 atom stereocenters. The summed E-state index contributed by atoms with van der Waals surface area (Å²) < 4.78 is 12.2. The summed E-state index contributed by atoms with van der Waals surface area (Å²) >= 11 is 3.53. The number of methoxy groups -OCH3 is 1. The number of ether oxygens (including phenoxy) is 1. The van der Waals surface area contributed by atoms with Crippen LogP contribution >= 0.6 is 15.9 Å². The molecule has 0 bridgehead atoms. The lowest BCUT2D eigenvalue weighted by molar-refractivity contribution is 0.114. The van der Waals surface area contributed by atoms with Crippen LogP contribution in [0.4, 0.5) is 0 Å². The van der Waals surface area contributed by atoms with E-state index in [2.05, 4.69) is 48.1 Å². The lowest BCUT2D eigenvalue weighted by atomic mass is 9.98. The van der Waals surface area contributed by atoms with Crippen molar-refractivity contribution in [3.8, 4) is 11.5 Å². The average molecular weight is 571 g/mol. The van der Waals surface area contributed by atoms with Gasteiger partial charge in [0.1, 0.15) is 0 Å². The zero-order valence-corrected chi connectivity index (χ0v) is 22.6. The number of hydrogen-bond donors (Lipinski definition) is 0. The van der Waals surface area contributed by atoms with Gasteiger partial charge in [0.15, 0.2) is 5.66 Å². The molecule has 4 aromatic rings. The van der Waals surface area contributed by atoms with E-state index in [1.54, 1.807) is 13.3 Å². The number of benzene rings is 2. The first-order valence-corrected chi connectivity index (χ1v) is 13.4. The largest absolute Gasteiger partial charge is 0.417 e. The molecule has 38 heavy (non-hydrogen) atoms. The molecule has 192 valence electrons. The quantitative estimate of drug-likeness (QED) is 0.294. The maximum atomic E-state index is 5.96. The van der Waals surface area contributed by atoms with E-state index in [1.165, 1.54) is 0 Å². The molecule has 6 rings (SSSR count). The minimum Gasteiger partial charge on any atom is -0.417 e. The standard InChI is InChI=1S/C29H27BrN6O2/c1-37-17-16-36-14-12-29(13-15-36)32-25(27(33-29)20-6-8-23(30)9-7-20)10-11-26-34-35-28(38-26)22-18-21-4-2-3-5-24(21)31-19-22/h2-11,18-19H,12-17H2,1H3/b11-10+. The number of rotatable bonds is 7. The molecular formula is C29H27BrN6O2. The van der Waals surface area contributed by atoms with Crippen LogP contribution in [-0.4, -0.2) is 70.5 Å². The van der Waals surface area contributed by atoms with E-state index in [0.717, 1.165) is 77.0 Å². The molecule has 2 aliphatic heterocycles. The number of hydrogen-bond acceptors (Lipinski definition) is 8. The Morgan fingerprint density at radius 2 is 1.82 bits per heavy atom. The fourth-order valence-electron chi connectivity index (χ4n) is 4.84. The van der Waals surface area contributed by atoms with E-state index in [9.17, 15) is 0 Å². The van der Waals surface area contributed by atoms with Gasteiger partial charge in [0.05, 0.1) is 29.1 Å². The van der Waals surface area contributed by atoms with Crippen molar-refractivity contribution in [2.75, 3.05) is 33.4 Å². The van der Waals surface area contributed by atoms with Crippen LogP contribution in [0.5, 0.6) is 0 Å². The molecule has 8 nitrogen and oxygen atoms in total. The van der Waals surface area contributed by atoms with Gasteiger partial charge in [-0.15, -0.1) is 10.2 Å². The molecule has 0 amide bonds. The van der Waals surface area contributed by atoms with Gasteiger partial charge in [-0.05, 0) is 30.3 Å². The fraction of sp³-hybridized carbons (Fsp3) is 0.276. The van der Waals surface area contributed by atoms with Crippen LogP contribution in [0.25, 0.3) is 28.4 Å². The normalized spacial score (nSPS) is 17.4. The number of aliphatic imine (C=N–C) groups is 2. The van der Waals surface area contributed by atoms with Crippen LogP contribution in [0.15, 0.2) is 85.7 Å². The summed E-state index contributed by atoms with van der Waals surface area (Å²) in [5, 5.41) is 9.50. The summed E-state index contributed by atoms with van der Waals surface area (Å²) in [4.78, 5) is 17.2. The monoisotopic (exact) mass is 570 g/mol. The van der Waals surface area contributed by atoms with Crippen LogP contribution in [-0.2, 0) is 4.74 Å². The molecule has 0 N–H and O–H groups in total. The van der Waals surface area contributed by atoms with Crippen molar-refractivity contribution in [2.45, 2.75) is 18.5 Å². The van der Waals surface area contributed by atoms with Crippen molar-refractivity contribution in [2.24, 2.45) is 9.98 Å². The van der Waals surface area contributed by atoms with E-state index in [0.29, 0.717) is 11.8 Å². The van der Waals surface area contributed by atoms with Crippen molar-refractivity contribution in [1.82, 2.24) is 20.1 Å². The topological polar surface area (TPSA) is 89.0 Å². The van der Waals surface area contributed by atoms with E-state index < -0.39 is 5.66 Å². The highest BCUT2D eigenvalue weighted by Crippen LogP contribution is 2.34. The first-order valence-electron chi connectivity index (χ1n) is 12.6. The molecule has 2 aromatic carbocycles. The van der Waals surface area contributed by atoms with Gasteiger partial charge in [-0.1, -0.05) is 46.3 Å². The van der Waals surface area contributed by atoms with E-state index in [4.69, 9.17) is 19.1 Å². The Bertz CT molecular complexity index is 1530. The second kappa shape index (κ2) is 10.7. The fourth-order valence-corrected chi connectivity index (χ4v) is 5.10. The number of likely N-dealkylation sites (tertiary alicyclic amines) is 1. The minimum atomic E-state index is -0.442. The summed E-state index contributed by atoms with van der Waals surface area (Å²) in [7, 11) is 1.74. The van der Waals surface area contributed by atoms with Crippen LogP contribution in [0, 0.1) is 0 Å². The van der Waals surface area contributed by atoms with Crippen LogP contribution in [0.1, 0.15) is 24.3 Å². The number of piperidine rings is 1. The first kappa shape index (κ1) is 24.8. The van der Waals surface area contributed by atoms with Gasteiger partial charge in [0.2, 0.25) is 11.8 Å². The van der Waals surface area contributed by atoms with Gasteiger partial charge in [0, 0.05) is 67.3 Å². The molecule has 4 heterocycles. The summed E-state index contributed by atoms with van der Waals surface area (Å²) in [6.07, 6.45) is 7.24. The number of aromatic nitrogens is 3.